The number of aryl methyl sites for hydroxylation is 1. The van der Waals surface area contributed by atoms with Gasteiger partial charge in [-0.2, -0.15) is 5.10 Å². The summed E-state index contributed by atoms with van der Waals surface area (Å²) in [6, 6.07) is 4.02. The van der Waals surface area contributed by atoms with Gasteiger partial charge in [0.25, 0.3) is 0 Å². The topological polar surface area (TPSA) is 60.2 Å². The molecule has 0 amide bonds. The van der Waals surface area contributed by atoms with Gasteiger partial charge in [0.1, 0.15) is 5.76 Å². The van der Waals surface area contributed by atoms with Crippen LogP contribution in [0.1, 0.15) is 24.3 Å². The maximum atomic E-state index is 6.10. The Kier molecular flexibility index (Phi) is 3.84. The fourth-order valence-corrected chi connectivity index (χ4v) is 2.30. The molecule has 0 bridgehead atoms. The summed E-state index contributed by atoms with van der Waals surface area (Å²) in [6.07, 6.45) is 5.56. The Labute approximate surface area is 107 Å². The van der Waals surface area contributed by atoms with Crippen LogP contribution in [0.25, 0.3) is 0 Å². The molecule has 18 heavy (non-hydrogen) atoms. The van der Waals surface area contributed by atoms with Crippen molar-refractivity contribution in [1.29, 1.82) is 0 Å². The lowest BCUT2D eigenvalue weighted by Crippen LogP contribution is -2.36. The van der Waals surface area contributed by atoms with E-state index in [1.807, 2.05) is 45.5 Å². The van der Waals surface area contributed by atoms with Gasteiger partial charge in [-0.15, -0.1) is 0 Å². The zero-order chi connectivity index (χ0) is 13.1. The van der Waals surface area contributed by atoms with E-state index in [4.69, 9.17) is 10.2 Å². The third-order valence-electron chi connectivity index (χ3n) is 3.02. The molecule has 2 atom stereocenters. The molecule has 2 unspecified atom stereocenters. The molecule has 0 aliphatic rings. The van der Waals surface area contributed by atoms with Gasteiger partial charge in [0.05, 0.1) is 25.0 Å². The predicted octanol–water partition coefficient (Wildman–Crippen LogP) is 1.53. The predicted molar refractivity (Wildman–Crippen MR) is 69.8 cm³/mol. The minimum Gasteiger partial charge on any atom is -0.468 e. The van der Waals surface area contributed by atoms with Crippen molar-refractivity contribution in [2.24, 2.45) is 12.8 Å². The van der Waals surface area contributed by atoms with E-state index in [1.54, 1.807) is 10.9 Å². The van der Waals surface area contributed by atoms with E-state index in [1.165, 1.54) is 0 Å². The highest BCUT2D eigenvalue weighted by molar-refractivity contribution is 5.13. The van der Waals surface area contributed by atoms with Crippen molar-refractivity contribution in [3.8, 4) is 0 Å². The minimum atomic E-state index is 0.0224. The number of nitrogens with two attached hydrogens (primary N) is 1. The van der Waals surface area contributed by atoms with E-state index in [0.29, 0.717) is 0 Å². The number of hydrogen-bond acceptors (Lipinski definition) is 4. The second kappa shape index (κ2) is 5.37. The summed E-state index contributed by atoms with van der Waals surface area (Å²) in [6.45, 7) is 2.74. The Balaban J connectivity index is 2.15. The van der Waals surface area contributed by atoms with Crippen molar-refractivity contribution in [3.63, 3.8) is 0 Å². The summed E-state index contributed by atoms with van der Waals surface area (Å²) in [5.74, 6) is 0.937. The molecule has 0 aliphatic carbocycles. The van der Waals surface area contributed by atoms with Gasteiger partial charge >= 0.3 is 0 Å². The molecule has 0 fully saturated rings. The van der Waals surface area contributed by atoms with Crippen LogP contribution in [0.5, 0.6) is 0 Å². The van der Waals surface area contributed by atoms with Gasteiger partial charge < -0.3 is 10.2 Å². The standard InChI is InChI=1S/C13H20N4O/c1-10(14)13(11-7-15-17(3)8-11)16(2)9-12-5-4-6-18-12/h4-8,10,13H,9,14H2,1-3H3. The van der Waals surface area contributed by atoms with Gasteiger partial charge in [0, 0.05) is 24.8 Å². The van der Waals surface area contributed by atoms with E-state index in [2.05, 4.69) is 10.00 Å². The smallest absolute Gasteiger partial charge is 0.117 e. The van der Waals surface area contributed by atoms with E-state index in [0.717, 1.165) is 17.9 Å². The molecule has 5 nitrogen and oxygen atoms in total. The normalized spacial score (nSPS) is 14.9. The molecule has 0 radical (unpaired) electrons. The van der Waals surface area contributed by atoms with Crippen molar-refractivity contribution < 1.29 is 4.42 Å². The number of aromatic nitrogens is 2. The summed E-state index contributed by atoms with van der Waals surface area (Å²) in [7, 11) is 3.96. The van der Waals surface area contributed by atoms with Crippen LogP contribution < -0.4 is 5.73 Å². The van der Waals surface area contributed by atoms with Crippen LogP contribution in [0.15, 0.2) is 35.2 Å². The molecule has 5 heteroatoms. The molecule has 0 saturated heterocycles. The highest BCUT2D eigenvalue weighted by atomic mass is 16.3. The molecular weight excluding hydrogens is 228 g/mol. The van der Waals surface area contributed by atoms with Gasteiger partial charge in [-0.3, -0.25) is 9.58 Å². The molecule has 0 saturated carbocycles. The van der Waals surface area contributed by atoms with Crippen molar-refractivity contribution in [3.05, 3.63) is 42.1 Å². The van der Waals surface area contributed by atoms with E-state index >= 15 is 0 Å². The molecule has 2 aromatic rings. The van der Waals surface area contributed by atoms with Gasteiger partial charge in [-0.05, 0) is 26.1 Å². The largest absolute Gasteiger partial charge is 0.468 e. The molecule has 2 N–H and O–H groups in total. The molecule has 98 valence electrons. The number of furan rings is 1. The van der Waals surface area contributed by atoms with Crippen LogP contribution in [0, 0.1) is 0 Å². The van der Waals surface area contributed by atoms with Gasteiger partial charge in [-0.25, -0.2) is 0 Å². The molecule has 0 aromatic carbocycles. The van der Waals surface area contributed by atoms with Crippen LogP contribution in [0.2, 0.25) is 0 Å². The SMILES string of the molecule is CC(N)C(c1cnn(C)c1)N(C)Cc1ccco1. The van der Waals surface area contributed by atoms with Crippen LogP contribution in [-0.4, -0.2) is 27.8 Å². The Hall–Kier alpha value is -1.59. The fraction of sp³-hybridized carbons (Fsp3) is 0.462. The lowest BCUT2D eigenvalue weighted by Gasteiger charge is -2.29. The van der Waals surface area contributed by atoms with E-state index < -0.39 is 0 Å². The Morgan fingerprint density at radius 3 is 2.83 bits per heavy atom. The van der Waals surface area contributed by atoms with Gasteiger partial charge in [0.15, 0.2) is 0 Å². The zero-order valence-corrected chi connectivity index (χ0v) is 11.1. The first kappa shape index (κ1) is 12.9. The number of rotatable bonds is 5. The second-order valence-corrected chi connectivity index (χ2v) is 4.75. The summed E-state index contributed by atoms with van der Waals surface area (Å²) in [5, 5.41) is 4.21. The maximum Gasteiger partial charge on any atom is 0.117 e. The van der Waals surface area contributed by atoms with Gasteiger partial charge in [0.2, 0.25) is 0 Å². The summed E-state index contributed by atoms with van der Waals surface area (Å²) >= 11 is 0. The first-order valence-corrected chi connectivity index (χ1v) is 6.04. The quantitative estimate of drug-likeness (QED) is 0.871. The van der Waals surface area contributed by atoms with Crippen molar-refractivity contribution in [2.45, 2.75) is 25.6 Å². The minimum absolute atomic E-state index is 0.0224. The third kappa shape index (κ3) is 2.80. The summed E-state index contributed by atoms with van der Waals surface area (Å²) in [5.41, 5.74) is 7.22. The van der Waals surface area contributed by atoms with Crippen LogP contribution in [-0.2, 0) is 13.6 Å². The summed E-state index contributed by atoms with van der Waals surface area (Å²) in [4.78, 5) is 2.18. The average molecular weight is 248 g/mol. The lowest BCUT2D eigenvalue weighted by molar-refractivity contribution is 0.196. The lowest BCUT2D eigenvalue weighted by atomic mass is 10.0. The maximum absolute atomic E-state index is 6.10. The van der Waals surface area contributed by atoms with Crippen LogP contribution >= 0.6 is 0 Å². The second-order valence-electron chi connectivity index (χ2n) is 4.75. The first-order valence-electron chi connectivity index (χ1n) is 6.04. The van der Waals surface area contributed by atoms with Crippen LogP contribution in [0.4, 0.5) is 0 Å². The number of nitrogens with zero attached hydrogens (tertiary/aromatic N) is 3. The molecule has 0 aliphatic heterocycles. The van der Waals surface area contributed by atoms with Crippen molar-refractivity contribution in [2.75, 3.05) is 7.05 Å². The summed E-state index contributed by atoms with van der Waals surface area (Å²) < 4.78 is 7.17. The fourth-order valence-electron chi connectivity index (χ4n) is 2.30. The third-order valence-corrected chi connectivity index (χ3v) is 3.02. The highest BCUT2D eigenvalue weighted by Crippen LogP contribution is 2.23. The highest BCUT2D eigenvalue weighted by Gasteiger charge is 2.23. The van der Waals surface area contributed by atoms with Crippen molar-refractivity contribution >= 4 is 0 Å². The molecule has 2 heterocycles. The Morgan fingerprint density at radius 2 is 2.33 bits per heavy atom. The molecule has 2 rings (SSSR count). The molecular formula is C13H20N4O. The zero-order valence-electron chi connectivity index (χ0n) is 11.1. The first-order chi connectivity index (χ1) is 8.58. The molecule has 0 spiro atoms. The average Bonchev–Trinajstić information content (AvgIpc) is 2.90. The molecule has 2 aromatic heterocycles. The Morgan fingerprint density at radius 1 is 1.56 bits per heavy atom. The Bertz CT molecular complexity index is 475. The van der Waals surface area contributed by atoms with Crippen molar-refractivity contribution in [1.82, 2.24) is 14.7 Å². The number of hydrogen-bond donors (Lipinski definition) is 1. The van der Waals surface area contributed by atoms with E-state index in [9.17, 15) is 0 Å². The van der Waals surface area contributed by atoms with E-state index in [-0.39, 0.29) is 12.1 Å². The van der Waals surface area contributed by atoms with Crippen LogP contribution in [0.3, 0.4) is 0 Å². The number of likely N-dealkylation sites (N-methyl/N-ethyl adjacent to an activating group) is 1. The van der Waals surface area contributed by atoms with Gasteiger partial charge in [-0.1, -0.05) is 0 Å². The monoisotopic (exact) mass is 248 g/mol.